The third kappa shape index (κ3) is 5.51. The van der Waals surface area contributed by atoms with E-state index in [2.05, 4.69) is 5.32 Å². The van der Waals surface area contributed by atoms with Crippen molar-refractivity contribution in [2.24, 2.45) is 0 Å². The van der Waals surface area contributed by atoms with Crippen LogP contribution >= 0.6 is 11.6 Å². The second-order valence-electron chi connectivity index (χ2n) is 7.33. The average Bonchev–Trinajstić information content (AvgIpc) is 2.75. The average molecular weight is 416 g/mol. The Bertz CT molecular complexity index is 860. The molecule has 0 unspecified atom stereocenters. The fraction of sp³-hybridized carbons (Fsp3) is 0.391. The first-order valence-corrected chi connectivity index (χ1v) is 10.3. The SMILES string of the molecule is COC(=O)c1ccc([C@H](C)NC(=O)c2cc(Cl)ccc2OC2CCCCC2)cc1. The van der Waals surface area contributed by atoms with Crippen molar-refractivity contribution >= 4 is 23.5 Å². The normalized spacial score (nSPS) is 15.4. The van der Waals surface area contributed by atoms with Gasteiger partial charge in [0.05, 0.1) is 30.4 Å². The number of amides is 1. The van der Waals surface area contributed by atoms with Crippen LogP contribution in [0.3, 0.4) is 0 Å². The van der Waals surface area contributed by atoms with Gasteiger partial charge in [-0.25, -0.2) is 4.79 Å². The molecule has 1 amide bonds. The van der Waals surface area contributed by atoms with Gasteiger partial charge in [-0.2, -0.15) is 0 Å². The molecular weight excluding hydrogens is 390 g/mol. The Morgan fingerprint density at radius 2 is 1.76 bits per heavy atom. The second kappa shape index (κ2) is 9.79. The van der Waals surface area contributed by atoms with E-state index >= 15 is 0 Å². The van der Waals surface area contributed by atoms with Gasteiger partial charge in [0.15, 0.2) is 0 Å². The summed E-state index contributed by atoms with van der Waals surface area (Å²) in [7, 11) is 1.34. The molecule has 2 aromatic carbocycles. The standard InChI is InChI=1S/C23H26ClNO4/c1-15(16-8-10-17(11-9-16)23(27)28-2)25-22(26)20-14-18(24)12-13-21(20)29-19-6-4-3-5-7-19/h8-15,19H,3-7H2,1-2H3,(H,25,26)/t15-/m0/s1. The zero-order chi connectivity index (χ0) is 20.8. The van der Waals surface area contributed by atoms with Crippen molar-refractivity contribution in [1.29, 1.82) is 0 Å². The lowest BCUT2D eigenvalue weighted by Crippen LogP contribution is -2.28. The molecular formula is C23H26ClNO4. The van der Waals surface area contributed by atoms with Gasteiger partial charge in [0.25, 0.3) is 5.91 Å². The van der Waals surface area contributed by atoms with Gasteiger partial charge >= 0.3 is 5.97 Å². The summed E-state index contributed by atoms with van der Waals surface area (Å²) in [6, 6.07) is 11.9. The van der Waals surface area contributed by atoms with Crippen LogP contribution in [0.4, 0.5) is 0 Å². The predicted octanol–water partition coefficient (Wildman–Crippen LogP) is 5.33. The molecule has 0 saturated heterocycles. The number of rotatable bonds is 6. The maximum atomic E-state index is 12.9. The van der Waals surface area contributed by atoms with Gasteiger partial charge in [-0.3, -0.25) is 4.79 Å². The molecule has 154 valence electrons. The first-order chi connectivity index (χ1) is 14.0. The minimum Gasteiger partial charge on any atom is -0.490 e. The summed E-state index contributed by atoms with van der Waals surface area (Å²) in [6.45, 7) is 1.89. The maximum Gasteiger partial charge on any atom is 0.337 e. The third-order valence-electron chi connectivity index (χ3n) is 5.21. The number of carbonyl (C=O) groups is 2. The number of ether oxygens (including phenoxy) is 2. The lowest BCUT2D eigenvalue weighted by molar-refractivity contribution is 0.0600. The molecule has 0 bridgehead atoms. The molecule has 1 atom stereocenters. The van der Waals surface area contributed by atoms with Crippen LogP contribution in [0.5, 0.6) is 5.75 Å². The van der Waals surface area contributed by atoms with Crippen LogP contribution in [0.1, 0.15) is 71.3 Å². The van der Waals surface area contributed by atoms with E-state index in [9.17, 15) is 9.59 Å². The van der Waals surface area contributed by atoms with Crippen molar-refractivity contribution in [2.45, 2.75) is 51.2 Å². The van der Waals surface area contributed by atoms with Crippen molar-refractivity contribution in [1.82, 2.24) is 5.32 Å². The Morgan fingerprint density at radius 3 is 2.41 bits per heavy atom. The number of hydrogen-bond acceptors (Lipinski definition) is 4. The molecule has 1 fully saturated rings. The fourth-order valence-corrected chi connectivity index (χ4v) is 3.70. The Morgan fingerprint density at radius 1 is 1.07 bits per heavy atom. The highest BCUT2D eigenvalue weighted by molar-refractivity contribution is 6.31. The molecule has 1 aliphatic rings. The Hall–Kier alpha value is -2.53. The quantitative estimate of drug-likeness (QED) is 0.647. The van der Waals surface area contributed by atoms with Gasteiger partial charge in [-0.1, -0.05) is 30.2 Å². The summed E-state index contributed by atoms with van der Waals surface area (Å²) in [5, 5.41) is 3.47. The summed E-state index contributed by atoms with van der Waals surface area (Å²) >= 11 is 6.14. The van der Waals surface area contributed by atoms with E-state index in [0.29, 0.717) is 21.9 Å². The summed E-state index contributed by atoms with van der Waals surface area (Å²) in [6.07, 6.45) is 5.69. The first-order valence-electron chi connectivity index (χ1n) is 9.93. The summed E-state index contributed by atoms with van der Waals surface area (Å²) in [5.41, 5.74) is 1.77. The highest BCUT2D eigenvalue weighted by Crippen LogP contribution is 2.28. The molecule has 6 heteroatoms. The smallest absolute Gasteiger partial charge is 0.337 e. The molecule has 2 aromatic rings. The summed E-state index contributed by atoms with van der Waals surface area (Å²) < 4.78 is 10.8. The lowest BCUT2D eigenvalue weighted by Gasteiger charge is -2.24. The van der Waals surface area contributed by atoms with Crippen molar-refractivity contribution < 1.29 is 19.1 Å². The van der Waals surface area contributed by atoms with Crippen LogP contribution in [0, 0.1) is 0 Å². The molecule has 1 saturated carbocycles. The van der Waals surface area contributed by atoms with E-state index in [0.717, 1.165) is 31.2 Å². The van der Waals surface area contributed by atoms with E-state index in [1.807, 2.05) is 6.92 Å². The van der Waals surface area contributed by atoms with E-state index in [1.54, 1.807) is 42.5 Å². The van der Waals surface area contributed by atoms with Gasteiger partial charge < -0.3 is 14.8 Å². The lowest BCUT2D eigenvalue weighted by atomic mass is 9.97. The minimum absolute atomic E-state index is 0.139. The van der Waals surface area contributed by atoms with Crippen LogP contribution in [-0.2, 0) is 4.74 Å². The molecule has 3 rings (SSSR count). The topological polar surface area (TPSA) is 64.6 Å². The van der Waals surface area contributed by atoms with Crippen LogP contribution < -0.4 is 10.1 Å². The van der Waals surface area contributed by atoms with E-state index in [4.69, 9.17) is 21.1 Å². The van der Waals surface area contributed by atoms with Gasteiger partial charge in [-0.05, 0) is 68.5 Å². The van der Waals surface area contributed by atoms with Crippen molar-refractivity contribution in [3.05, 3.63) is 64.2 Å². The van der Waals surface area contributed by atoms with E-state index < -0.39 is 5.97 Å². The maximum absolute atomic E-state index is 12.9. The van der Waals surface area contributed by atoms with Gasteiger partial charge in [0, 0.05) is 5.02 Å². The Labute approximate surface area is 176 Å². The number of esters is 1. The molecule has 0 heterocycles. The number of carbonyl (C=O) groups excluding carboxylic acids is 2. The van der Waals surface area contributed by atoms with Crippen LogP contribution in [0.25, 0.3) is 0 Å². The number of methoxy groups -OCH3 is 1. The molecule has 5 nitrogen and oxygen atoms in total. The van der Waals surface area contributed by atoms with Gasteiger partial charge in [0.1, 0.15) is 5.75 Å². The zero-order valence-corrected chi connectivity index (χ0v) is 17.5. The van der Waals surface area contributed by atoms with E-state index in [-0.39, 0.29) is 18.1 Å². The summed E-state index contributed by atoms with van der Waals surface area (Å²) in [5.74, 6) is -0.0773. The number of nitrogens with one attached hydrogen (secondary N) is 1. The third-order valence-corrected chi connectivity index (χ3v) is 5.45. The van der Waals surface area contributed by atoms with Crippen LogP contribution in [0.15, 0.2) is 42.5 Å². The Balaban J connectivity index is 1.72. The molecule has 1 N–H and O–H groups in total. The highest BCUT2D eigenvalue weighted by Gasteiger charge is 2.21. The van der Waals surface area contributed by atoms with Gasteiger partial charge in [-0.15, -0.1) is 0 Å². The second-order valence-corrected chi connectivity index (χ2v) is 7.76. The largest absolute Gasteiger partial charge is 0.490 e. The fourth-order valence-electron chi connectivity index (χ4n) is 3.53. The molecule has 0 aliphatic heterocycles. The number of hydrogen-bond donors (Lipinski definition) is 1. The Kier molecular flexibility index (Phi) is 7.15. The van der Waals surface area contributed by atoms with Crippen LogP contribution in [0.2, 0.25) is 5.02 Å². The van der Waals surface area contributed by atoms with Crippen molar-refractivity contribution in [2.75, 3.05) is 7.11 Å². The number of halogens is 1. The van der Waals surface area contributed by atoms with Gasteiger partial charge in [0.2, 0.25) is 0 Å². The van der Waals surface area contributed by atoms with E-state index in [1.165, 1.54) is 13.5 Å². The zero-order valence-electron chi connectivity index (χ0n) is 16.7. The molecule has 0 radical (unpaired) electrons. The van der Waals surface area contributed by atoms with Crippen molar-refractivity contribution in [3.8, 4) is 5.75 Å². The predicted molar refractivity (Wildman–Crippen MR) is 113 cm³/mol. The van der Waals surface area contributed by atoms with Crippen LogP contribution in [-0.4, -0.2) is 25.1 Å². The highest BCUT2D eigenvalue weighted by atomic mass is 35.5. The number of benzene rings is 2. The minimum atomic E-state index is -0.392. The molecule has 0 aromatic heterocycles. The summed E-state index contributed by atoms with van der Waals surface area (Å²) in [4.78, 5) is 24.5. The molecule has 1 aliphatic carbocycles. The monoisotopic (exact) mass is 415 g/mol. The molecule has 0 spiro atoms. The molecule has 29 heavy (non-hydrogen) atoms. The van der Waals surface area contributed by atoms with Crippen molar-refractivity contribution in [3.63, 3.8) is 0 Å². The first kappa shape index (κ1) is 21.2.